The lowest BCUT2D eigenvalue weighted by Crippen LogP contribution is -2.24. The summed E-state index contributed by atoms with van der Waals surface area (Å²) in [5.74, 6) is -1.15. The van der Waals surface area contributed by atoms with Crippen molar-refractivity contribution < 1.29 is 9.90 Å². The van der Waals surface area contributed by atoms with Gasteiger partial charge in [0, 0.05) is 0 Å². The second kappa shape index (κ2) is 3.14. The van der Waals surface area contributed by atoms with E-state index < -0.39 is 17.2 Å². The summed E-state index contributed by atoms with van der Waals surface area (Å²) in [4.78, 5) is 26.8. The number of imidazole rings is 1. The van der Waals surface area contributed by atoms with Crippen molar-refractivity contribution in [1.29, 1.82) is 0 Å². The topological polar surface area (TPSA) is 100 Å². The van der Waals surface area contributed by atoms with Crippen LogP contribution in [-0.4, -0.2) is 30.7 Å². The van der Waals surface area contributed by atoms with Gasteiger partial charge in [-0.3, -0.25) is 4.79 Å². The van der Waals surface area contributed by atoms with Gasteiger partial charge in [-0.25, -0.2) is 19.3 Å². The Morgan fingerprint density at radius 2 is 2.12 bits per heavy atom. The first-order chi connectivity index (χ1) is 8.18. The number of H-pyrrole nitrogens is 1. The number of hydrogen-bond donors (Lipinski definition) is 2. The minimum atomic E-state index is -1.37. The Balaban J connectivity index is 2.57. The van der Waals surface area contributed by atoms with Crippen LogP contribution in [0.2, 0.25) is 0 Å². The van der Waals surface area contributed by atoms with E-state index in [9.17, 15) is 9.59 Å². The molecule has 0 aliphatic heterocycles. The zero-order valence-electron chi connectivity index (χ0n) is 8.41. The smallest absolute Gasteiger partial charge is 0.362 e. The summed E-state index contributed by atoms with van der Waals surface area (Å²) in [7, 11) is 0. The number of para-hydroxylation sites is 2. The molecule has 0 aliphatic rings. The summed E-state index contributed by atoms with van der Waals surface area (Å²) in [6.45, 7) is 0. The monoisotopic (exact) mass is 230 g/mol. The lowest BCUT2D eigenvalue weighted by Gasteiger charge is -1.95. The fourth-order valence-corrected chi connectivity index (χ4v) is 1.71. The normalized spacial score (nSPS) is 11.1. The quantitative estimate of drug-likeness (QED) is 0.624. The molecule has 2 heterocycles. The fourth-order valence-electron chi connectivity index (χ4n) is 1.71. The Bertz CT molecular complexity index is 802. The van der Waals surface area contributed by atoms with Crippen LogP contribution >= 0.6 is 0 Å². The van der Waals surface area contributed by atoms with Crippen LogP contribution in [0.15, 0.2) is 29.1 Å². The maximum atomic E-state index is 11.9. The number of fused-ring (bicyclic) bond motifs is 3. The van der Waals surface area contributed by atoms with Crippen molar-refractivity contribution in [1.82, 2.24) is 19.6 Å². The Kier molecular flexibility index (Phi) is 1.76. The number of benzene rings is 1. The molecule has 7 heteroatoms. The molecular formula is C10H6N4O3. The average molecular weight is 230 g/mol. The maximum Gasteiger partial charge on any atom is 0.362 e. The van der Waals surface area contributed by atoms with E-state index in [1.807, 2.05) is 0 Å². The zero-order valence-corrected chi connectivity index (χ0v) is 8.41. The van der Waals surface area contributed by atoms with E-state index in [1.54, 1.807) is 24.3 Å². The van der Waals surface area contributed by atoms with Crippen molar-refractivity contribution in [2.45, 2.75) is 0 Å². The zero-order chi connectivity index (χ0) is 12.0. The molecule has 0 atom stereocenters. The molecule has 0 radical (unpaired) electrons. The summed E-state index contributed by atoms with van der Waals surface area (Å²) in [5, 5.41) is 14.8. The first kappa shape index (κ1) is 9.52. The number of rotatable bonds is 1. The van der Waals surface area contributed by atoms with Crippen LogP contribution in [0, 0.1) is 0 Å². The Hall–Kier alpha value is -2.70. The van der Waals surface area contributed by atoms with Crippen molar-refractivity contribution >= 4 is 22.8 Å². The van der Waals surface area contributed by atoms with Gasteiger partial charge in [-0.1, -0.05) is 12.1 Å². The summed E-state index contributed by atoms with van der Waals surface area (Å²) in [5.41, 5.74) is -0.0977. The molecule has 1 aromatic carbocycles. The maximum absolute atomic E-state index is 11.9. The van der Waals surface area contributed by atoms with Gasteiger partial charge in [-0.05, 0) is 12.1 Å². The van der Waals surface area contributed by atoms with Gasteiger partial charge < -0.3 is 5.11 Å². The highest BCUT2D eigenvalue weighted by atomic mass is 16.4. The van der Waals surface area contributed by atoms with Gasteiger partial charge in [0.25, 0.3) is 5.56 Å². The number of aromatic nitrogens is 4. The molecule has 3 rings (SSSR count). The minimum Gasteiger partial charge on any atom is -0.476 e. The van der Waals surface area contributed by atoms with Crippen molar-refractivity contribution in [2.24, 2.45) is 0 Å². The van der Waals surface area contributed by atoms with Crippen LogP contribution in [0.1, 0.15) is 10.5 Å². The number of carbonyl (C=O) groups is 1. The molecule has 2 N–H and O–H groups in total. The molecule has 0 saturated carbocycles. The van der Waals surface area contributed by atoms with Gasteiger partial charge in [0.1, 0.15) is 0 Å². The van der Waals surface area contributed by atoms with Crippen LogP contribution in [-0.2, 0) is 0 Å². The average Bonchev–Trinajstić information content (AvgIpc) is 2.67. The van der Waals surface area contributed by atoms with Crippen LogP contribution in [0.4, 0.5) is 0 Å². The molecule has 84 valence electrons. The number of nitrogens with one attached hydrogen (secondary N) is 1. The summed E-state index contributed by atoms with van der Waals surface area (Å²) >= 11 is 0. The van der Waals surface area contributed by atoms with E-state index in [0.29, 0.717) is 11.0 Å². The SMILES string of the molecule is O=C(O)c1n[nH]c2nc3ccccc3n2c1=O. The van der Waals surface area contributed by atoms with E-state index in [-0.39, 0.29) is 5.78 Å². The molecule has 0 saturated heterocycles. The molecule has 0 spiro atoms. The largest absolute Gasteiger partial charge is 0.476 e. The Morgan fingerprint density at radius 3 is 2.88 bits per heavy atom. The number of carboxylic acid groups (broad SMARTS) is 1. The fraction of sp³-hybridized carbons (Fsp3) is 0. The summed E-state index contributed by atoms with van der Waals surface area (Å²) < 4.78 is 1.20. The third-order valence-corrected chi connectivity index (χ3v) is 2.44. The Labute approximate surface area is 93.3 Å². The molecule has 3 aromatic rings. The molecule has 0 fully saturated rings. The first-order valence-electron chi connectivity index (χ1n) is 4.77. The highest BCUT2D eigenvalue weighted by Crippen LogP contribution is 2.12. The van der Waals surface area contributed by atoms with E-state index in [1.165, 1.54) is 4.40 Å². The standard InChI is InChI=1S/C10H6N4O3/c15-8-7(9(16)17)12-13-10-11-5-3-1-2-4-6(5)14(8)10/h1-4H,(H,11,13)(H,16,17). The Morgan fingerprint density at radius 1 is 1.35 bits per heavy atom. The second-order valence-corrected chi connectivity index (χ2v) is 3.44. The van der Waals surface area contributed by atoms with Crippen LogP contribution in [0.3, 0.4) is 0 Å². The third-order valence-electron chi connectivity index (χ3n) is 2.44. The number of aromatic amines is 1. The molecular weight excluding hydrogens is 224 g/mol. The highest BCUT2D eigenvalue weighted by molar-refractivity contribution is 5.86. The summed E-state index contributed by atoms with van der Waals surface area (Å²) in [6, 6.07) is 6.95. The van der Waals surface area contributed by atoms with Gasteiger partial charge >= 0.3 is 5.97 Å². The van der Waals surface area contributed by atoms with Gasteiger partial charge in [0.05, 0.1) is 11.0 Å². The summed E-state index contributed by atoms with van der Waals surface area (Å²) in [6.07, 6.45) is 0. The molecule has 17 heavy (non-hydrogen) atoms. The number of aromatic carboxylic acids is 1. The lowest BCUT2D eigenvalue weighted by molar-refractivity contribution is 0.0687. The lowest BCUT2D eigenvalue weighted by atomic mass is 10.3. The highest BCUT2D eigenvalue weighted by Gasteiger charge is 2.16. The van der Waals surface area contributed by atoms with Gasteiger partial charge in [0.15, 0.2) is 0 Å². The molecule has 0 amide bonds. The van der Waals surface area contributed by atoms with E-state index in [4.69, 9.17) is 5.11 Å². The van der Waals surface area contributed by atoms with Crippen molar-refractivity contribution in [3.63, 3.8) is 0 Å². The van der Waals surface area contributed by atoms with Crippen molar-refractivity contribution in [3.8, 4) is 0 Å². The third kappa shape index (κ3) is 1.22. The molecule has 0 unspecified atom stereocenters. The predicted molar refractivity (Wildman–Crippen MR) is 58.1 cm³/mol. The molecule has 0 aliphatic carbocycles. The number of hydrogen-bond acceptors (Lipinski definition) is 4. The molecule has 0 bridgehead atoms. The van der Waals surface area contributed by atoms with E-state index in [2.05, 4.69) is 15.2 Å². The van der Waals surface area contributed by atoms with Crippen LogP contribution in [0.5, 0.6) is 0 Å². The van der Waals surface area contributed by atoms with Crippen molar-refractivity contribution in [3.05, 3.63) is 40.3 Å². The molecule has 7 nitrogen and oxygen atoms in total. The van der Waals surface area contributed by atoms with Gasteiger partial charge in [0.2, 0.25) is 11.5 Å². The number of carboxylic acids is 1. The van der Waals surface area contributed by atoms with Crippen LogP contribution in [0.25, 0.3) is 16.8 Å². The van der Waals surface area contributed by atoms with E-state index >= 15 is 0 Å². The van der Waals surface area contributed by atoms with Gasteiger partial charge in [-0.2, -0.15) is 5.10 Å². The first-order valence-corrected chi connectivity index (χ1v) is 4.77. The van der Waals surface area contributed by atoms with Crippen LogP contribution < -0.4 is 5.56 Å². The second-order valence-electron chi connectivity index (χ2n) is 3.44. The predicted octanol–water partition coefficient (Wildman–Crippen LogP) is 0.269. The molecule has 2 aromatic heterocycles. The van der Waals surface area contributed by atoms with Gasteiger partial charge in [-0.15, -0.1) is 0 Å². The van der Waals surface area contributed by atoms with Crippen molar-refractivity contribution in [2.75, 3.05) is 0 Å². The number of nitrogens with zero attached hydrogens (tertiary/aromatic N) is 3. The van der Waals surface area contributed by atoms with E-state index in [0.717, 1.165) is 0 Å². The minimum absolute atomic E-state index is 0.223.